The van der Waals surface area contributed by atoms with Crippen molar-refractivity contribution in [3.05, 3.63) is 0 Å². The van der Waals surface area contributed by atoms with Gasteiger partial charge in [-0.15, -0.1) is 0 Å². The molecule has 1 aliphatic rings. The van der Waals surface area contributed by atoms with Crippen molar-refractivity contribution in [3.8, 4) is 0 Å². The summed E-state index contributed by atoms with van der Waals surface area (Å²) in [6.45, 7) is 10.1. The highest BCUT2D eigenvalue weighted by Crippen LogP contribution is 2.19. The van der Waals surface area contributed by atoms with E-state index in [2.05, 4.69) is 24.1 Å². The van der Waals surface area contributed by atoms with Gasteiger partial charge < -0.3 is 10.2 Å². The van der Waals surface area contributed by atoms with Crippen LogP contribution in [0.25, 0.3) is 0 Å². The Bertz CT molecular complexity index is 429. The van der Waals surface area contributed by atoms with Crippen LogP contribution in [-0.2, 0) is 14.8 Å². The fourth-order valence-electron chi connectivity index (χ4n) is 2.47. The van der Waals surface area contributed by atoms with Gasteiger partial charge >= 0.3 is 0 Å². The van der Waals surface area contributed by atoms with Crippen LogP contribution >= 0.6 is 0 Å². The molecule has 1 atom stereocenters. The Morgan fingerprint density at radius 3 is 2.38 bits per heavy atom. The number of carbonyl (C=O) groups is 1. The summed E-state index contributed by atoms with van der Waals surface area (Å²) in [5, 5.41) is 2.98. The van der Waals surface area contributed by atoms with Gasteiger partial charge in [0.05, 0.1) is 12.2 Å². The van der Waals surface area contributed by atoms with Crippen molar-refractivity contribution in [1.82, 2.24) is 14.5 Å². The van der Waals surface area contributed by atoms with Crippen molar-refractivity contribution in [1.29, 1.82) is 0 Å². The first-order chi connectivity index (χ1) is 9.77. The molecule has 0 aromatic rings. The van der Waals surface area contributed by atoms with Crippen LogP contribution in [0.1, 0.15) is 33.6 Å². The van der Waals surface area contributed by atoms with Gasteiger partial charge in [-0.25, -0.2) is 12.7 Å². The summed E-state index contributed by atoms with van der Waals surface area (Å²) in [6.07, 6.45) is 3.19. The van der Waals surface area contributed by atoms with Crippen molar-refractivity contribution < 1.29 is 13.2 Å². The highest BCUT2D eigenvalue weighted by atomic mass is 32.2. The van der Waals surface area contributed by atoms with Crippen LogP contribution < -0.4 is 5.32 Å². The molecule has 1 aliphatic heterocycles. The molecule has 0 radical (unpaired) electrons. The molecule has 0 aliphatic carbocycles. The Morgan fingerprint density at radius 2 is 1.90 bits per heavy atom. The lowest BCUT2D eigenvalue weighted by molar-refractivity contribution is -0.128. The Kier molecular flexibility index (Phi) is 7.09. The maximum absolute atomic E-state index is 12.0. The Morgan fingerprint density at radius 1 is 1.33 bits per heavy atom. The minimum absolute atomic E-state index is 0.0229. The third-order valence-electron chi connectivity index (χ3n) is 4.08. The topological polar surface area (TPSA) is 69.7 Å². The first kappa shape index (κ1) is 18.4. The highest BCUT2D eigenvalue weighted by Gasteiger charge is 2.37. The van der Waals surface area contributed by atoms with Crippen LogP contribution in [0, 0.1) is 5.92 Å². The summed E-state index contributed by atoms with van der Waals surface area (Å²) < 4.78 is 23.8. The predicted molar refractivity (Wildman–Crippen MR) is 84.5 cm³/mol. The lowest BCUT2D eigenvalue weighted by Gasteiger charge is -2.36. The SMILES string of the molecule is CCN(CC)CCCC(C)NC(=O)C1CN(S(C)(=O)=O)C1. The van der Waals surface area contributed by atoms with Crippen molar-refractivity contribution in [2.75, 3.05) is 39.0 Å². The number of hydrogen-bond donors (Lipinski definition) is 1. The second-order valence-corrected chi connectivity index (χ2v) is 7.84. The van der Waals surface area contributed by atoms with Crippen molar-refractivity contribution in [2.45, 2.75) is 39.7 Å². The monoisotopic (exact) mass is 319 g/mol. The maximum Gasteiger partial charge on any atom is 0.225 e. The fraction of sp³-hybridized carbons (Fsp3) is 0.929. The number of hydrogen-bond acceptors (Lipinski definition) is 4. The van der Waals surface area contributed by atoms with E-state index in [0.717, 1.165) is 32.5 Å². The molecule has 6 nitrogen and oxygen atoms in total. The minimum atomic E-state index is -3.14. The number of sulfonamides is 1. The molecule has 0 saturated carbocycles. The molecular formula is C14H29N3O3S. The molecule has 0 aromatic heterocycles. The van der Waals surface area contributed by atoms with Gasteiger partial charge in [0.1, 0.15) is 0 Å². The average molecular weight is 319 g/mol. The molecule has 0 spiro atoms. The van der Waals surface area contributed by atoms with Gasteiger partial charge in [0.2, 0.25) is 15.9 Å². The molecule has 124 valence electrons. The van der Waals surface area contributed by atoms with Crippen molar-refractivity contribution in [3.63, 3.8) is 0 Å². The van der Waals surface area contributed by atoms with E-state index < -0.39 is 10.0 Å². The van der Waals surface area contributed by atoms with Gasteiger partial charge in [0.25, 0.3) is 0 Å². The van der Waals surface area contributed by atoms with E-state index in [1.54, 1.807) is 0 Å². The summed E-state index contributed by atoms with van der Waals surface area (Å²) >= 11 is 0. The van der Waals surface area contributed by atoms with Gasteiger partial charge in [0, 0.05) is 19.1 Å². The van der Waals surface area contributed by atoms with E-state index in [9.17, 15) is 13.2 Å². The van der Waals surface area contributed by atoms with Crippen molar-refractivity contribution >= 4 is 15.9 Å². The summed E-state index contributed by atoms with van der Waals surface area (Å²) in [4.78, 5) is 14.3. The second-order valence-electron chi connectivity index (χ2n) is 5.86. The van der Waals surface area contributed by atoms with Gasteiger partial charge in [-0.1, -0.05) is 13.8 Å². The zero-order valence-corrected chi connectivity index (χ0v) is 14.4. The van der Waals surface area contributed by atoms with E-state index in [-0.39, 0.29) is 17.9 Å². The van der Waals surface area contributed by atoms with E-state index in [1.807, 2.05) is 6.92 Å². The summed E-state index contributed by atoms with van der Waals surface area (Å²) in [5.41, 5.74) is 0. The summed E-state index contributed by atoms with van der Waals surface area (Å²) in [7, 11) is -3.14. The quantitative estimate of drug-likeness (QED) is 0.672. The molecule has 7 heteroatoms. The Labute approximate surface area is 128 Å². The van der Waals surface area contributed by atoms with Crippen LogP contribution in [0.2, 0.25) is 0 Å². The number of carbonyl (C=O) groups excluding carboxylic acids is 1. The molecular weight excluding hydrogens is 290 g/mol. The normalized spacial score (nSPS) is 18.5. The lowest BCUT2D eigenvalue weighted by Crippen LogP contribution is -2.56. The maximum atomic E-state index is 12.0. The van der Waals surface area contributed by atoms with E-state index >= 15 is 0 Å². The molecule has 1 unspecified atom stereocenters. The van der Waals surface area contributed by atoms with E-state index in [4.69, 9.17) is 0 Å². The zero-order valence-electron chi connectivity index (χ0n) is 13.6. The van der Waals surface area contributed by atoms with Gasteiger partial charge in [-0.2, -0.15) is 0 Å². The third-order valence-corrected chi connectivity index (χ3v) is 5.32. The van der Waals surface area contributed by atoms with Crippen LogP contribution in [0.3, 0.4) is 0 Å². The zero-order chi connectivity index (χ0) is 16.0. The number of nitrogens with one attached hydrogen (secondary N) is 1. The third kappa shape index (κ3) is 5.92. The standard InChI is InChI=1S/C14H29N3O3S/c1-5-16(6-2)9-7-8-12(3)15-14(18)13-10-17(11-13)21(4,19)20/h12-13H,5-11H2,1-4H3,(H,15,18). The largest absolute Gasteiger partial charge is 0.353 e. The van der Waals surface area contributed by atoms with Crippen LogP contribution in [0.5, 0.6) is 0 Å². The van der Waals surface area contributed by atoms with Gasteiger partial charge in [-0.05, 0) is 39.4 Å². The average Bonchev–Trinajstić information content (AvgIpc) is 2.30. The van der Waals surface area contributed by atoms with Crippen LogP contribution in [-0.4, -0.2) is 68.6 Å². The van der Waals surface area contributed by atoms with Gasteiger partial charge in [0.15, 0.2) is 0 Å². The van der Waals surface area contributed by atoms with Crippen LogP contribution in [0.15, 0.2) is 0 Å². The second kappa shape index (κ2) is 8.10. The first-order valence-corrected chi connectivity index (χ1v) is 9.60. The number of amides is 1. The van der Waals surface area contributed by atoms with E-state index in [0.29, 0.717) is 13.1 Å². The summed E-state index contributed by atoms with van der Waals surface area (Å²) in [5.74, 6) is -0.213. The smallest absolute Gasteiger partial charge is 0.225 e. The molecule has 0 aromatic carbocycles. The molecule has 1 saturated heterocycles. The molecule has 1 amide bonds. The minimum Gasteiger partial charge on any atom is -0.353 e. The molecule has 1 heterocycles. The lowest BCUT2D eigenvalue weighted by atomic mass is 10.0. The van der Waals surface area contributed by atoms with Crippen molar-refractivity contribution in [2.24, 2.45) is 5.92 Å². The Balaban J connectivity index is 2.20. The summed E-state index contributed by atoms with van der Waals surface area (Å²) in [6, 6.07) is 0.139. The first-order valence-electron chi connectivity index (χ1n) is 7.75. The molecule has 1 fully saturated rings. The number of rotatable bonds is 9. The Hall–Kier alpha value is -0.660. The highest BCUT2D eigenvalue weighted by molar-refractivity contribution is 7.88. The predicted octanol–water partition coefficient (Wildman–Crippen LogP) is 0.505. The molecule has 0 bridgehead atoms. The van der Waals surface area contributed by atoms with E-state index in [1.165, 1.54) is 10.6 Å². The number of nitrogens with zero attached hydrogens (tertiary/aromatic N) is 2. The van der Waals surface area contributed by atoms with Crippen LogP contribution in [0.4, 0.5) is 0 Å². The molecule has 1 rings (SSSR count). The molecule has 21 heavy (non-hydrogen) atoms. The molecule has 1 N–H and O–H groups in total. The van der Waals surface area contributed by atoms with Gasteiger partial charge in [-0.3, -0.25) is 4.79 Å². The fourth-order valence-corrected chi connectivity index (χ4v) is 3.37.